The van der Waals surface area contributed by atoms with Crippen molar-refractivity contribution in [3.8, 4) is 0 Å². The Morgan fingerprint density at radius 2 is 2.14 bits per heavy atom. The van der Waals surface area contributed by atoms with Crippen molar-refractivity contribution in [2.24, 2.45) is 0 Å². The number of hydrogen-bond donors (Lipinski definition) is 2. The number of nitrogens with one attached hydrogen (secondary N) is 1. The summed E-state index contributed by atoms with van der Waals surface area (Å²) in [5.41, 5.74) is 3.69. The second kappa shape index (κ2) is 5.92. The number of rotatable bonds is 4. The van der Waals surface area contributed by atoms with E-state index >= 15 is 0 Å². The van der Waals surface area contributed by atoms with E-state index in [0.717, 1.165) is 19.6 Å². The first-order valence-electron chi connectivity index (χ1n) is 2.91. The third-order valence-electron chi connectivity index (χ3n) is 0.780. The first kappa shape index (κ1) is 6.92. The summed E-state index contributed by atoms with van der Waals surface area (Å²) < 4.78 is 0. The molecule has 0 aliphatic rings. The van der Waals surface area contributed by atoms with Gasteiger partial charge in [-0.15, -0.1) is 0 Å². The molecule has 0 amide bonds. The minimum Gasteiger partial charge on any atom is -0.357 e. The quantitative estimate of drug-likeness (QED) is 0.450. The third-order valence-corrected chi connectivity index (χ3v) is 0.780. The zero-order valence-electron chi connectivity index (χ0n) is 5.04. The molecule has 0 bridgehead atoms. The lowest BCUT2D eigenvalue weighted by Crippen LogP contribution is -2.54. The Kier molecular flexibility index (Phi) is 5.85. The van der Waals surface area contributed by atoms with E-state index in [9.17, 15) is 0 Å². The Balaban J connectivity index is 2.45. The first-order chi connectivity index (χ1) is 3.41. The van der Waals surface area contributed by atoms with E-state index in [1.54, 1.807) is 0 Å². The molecule has 4 N–H and O–H groups in total. The maximum Gasteiger partial charge on any atom is 0.0866 e. The predicted octanol–water partition coefficient (Wildman–Crippen LogP) is -0.772. The van der Waals surface area contributed by atoms with E-state index in [4.69, 9.17) is 0 Å². The fourth-order valence-corrected chi connectivity index (χ4v) is 0.427. The van der Waals surface area contributed by atoms with Crippen LogP contribution in [0.15, 0.2) is 0 Å². The molecule has 0 heterocycles. The summed E-state index contributed by atoms with van der Waals surface area (Å²) in [5.74, 6) is 0. The smallest absolute Gasteiger partial charge is 0.0866 e. The number of hydrogen-bond acceptors (Lipinski definition) is 1. The summed E-state index contributed by atoms with van der Waals surface area (Å²) in [6, 6.07) is 0. The van der Waals surface area contributed by atoms with Crippen molar-refractivity contribution in [3.63, 3.8) is 0 Å². The van der Waals surface area contributed by atoms with Crippen molar-refractivity contribution in [1.29, 1.82) is 0 Å². The summed E-state index contributed by atoms with van der Waals surface area (Å²) >= 11 is 0. The summed E-state index contributed by atoms with van der Waals surface area (Å²) in [6.07, 6.45) is 1.22. The van der Waals surface area contributed by atoms with Crippen LogP contribution in [0.1, 0.15) is 13.3 Å². The van der Waals surface area contributed by atoms with E-state index in [0.29, 0.717) is 0 Å². The van der Waals surface area contributed by atoms with Crippen LogP contribution >= 0.6 is 0 Å². The molecule has 44 valence electrons. The van der Waals surface area contributed by atoms with E-state index in [-0.39, 0.29) is 0 Å². The average molecular weight is 103 g/mol. The summed E-state index contributed by atoms with van der Waals surface area (Å²) in [7, 11) is 0. The topological polar surface area (TPSA) is 39.7 Å². The number of quaternary nitrogens is 1. The highest BCUT2D eigenvalue weighted by Crippen LogP contribution is 1.65. The van der Waals surface area contributed by atoms with Crippen molar-refractivity contribution in [3.05, 3.63) is 0 Å². The fraction of sp³-hybridized carbons (Fsp3) is 1.00. The zero-order valence-corrected chi connectivity index (χ0v) is 5.04. The van der Waals surface area contributed by atoms with Gasteiger partial charge in [-0.3, -0.25) is 0 Å². The van der Waals surface area contributed by atoms with Crippen LogP contribution in [0.2, 0.25) is 0 Å². The molecule has 0 spiro atoms. The molecule has 0 fully saturated rings. The van der Waals surface area contributed by atoms with Crippen LogP contribution in [0, 0.1) is 0 Å². The Bertz CT molecular complexity index is 25.3. The molecule has 0 aromatic carbocycles. The molecule has 0 aromatic rings. The molecular weight excluding hydrogens is 88.1 g/mol. The highest BCUT2D eigenvalue weighted by Gasteiger charge is 1.78. The predicted molar refractivity (Wildman–Crippen MR) is 30.9 cm³/mol. The van der Waals surface area contributed by atoms with E-state index in [1.807, 2.05) is 0 Å². The highest BCUT2D eigenvalue weighted by molar-refractivity contribution is 4.39. The molecule has 0 aliphatic carbocycles. The molecule has 2 heteroatoms. The lowest BCUT2D eigenvalue weighted by molar-refractivity contribution is -0.365. The lowest BCUT2D eigenvalue weighted by Gasteiger charge is -1.94. The molecule has 0 rings (SSSR count). The SMILES string of the molecule is CCCNCC[NH3+]. The van der Waals surface area contributed by atoms with Gasteiger partial charge in [0.2, 0.25) is 0 Å². The van der Waals surface area contributed by atoms with E-state index in [2.05, 4.69) is 18.0 Å². The Hall–Kier alpha value is -0.0800. The van der Waals surface area contributed by atoms with Crippen molar-refractivity contribution in [2.75, 3.05) is 19.6 Å². The molecule has 0 radical (unpaired) electrons. The monoisotopic (exact) mass is 103 g/mol. The van der Waals surface area contributed by atoms with Gasteiger partial charge in [0.15, 0.2) is 0 Å². The molecule has 0 aliphatic heterocycles. The molecule has 0 atom stereocenters. The van der Waals surface area contributed by atoms with E-state index < -0.39 is 0 Å². The molecule has 7 heavy (non-hydrogen) atoms. The van der Waals surface area contributed by atoms with Gasteiger partial charge in [-0.05, 0) is 13.0 Å². The minimum absolute atomic E-state index is 1.00. The van der Waals surface area contributed by atoms with Gasteiger partial charge < -0.3 is 11.1 Å². The van der Waals surface area contributed by atoms with Gasteiger partial charge in [0.05, 0.1) is 6.54 Å². The largest absolute Gasteiger partial charge is 0.357 e. The van der Waals surface area contributed by atoms with Crippen molar-refractivity contribution in [2.45, 2.75) is 13.3 Å². The Morgan fingerprint density at radius 3 is 2.57 bits per heavy atom. The molecule has 0 saturated carbocycles. The maximum absolute atomic E-state index is 3.69. The van der Waals surface area contributed by atoms with Gasteiger partial charge in [-0.1, -0.05) is 6.92 Å². The van der Waals surface area contributed by atoms with Crippen LogP contribution in [0.5, 0.6) is 0 Å². The van der Waals surface area contributed by atoms with Crippen LogP contribution in [-0.4, -0.2) is 19.6 Å². The normalized spacial score (nSPS) is 9.43. The van der Waals surface area contributed by atoms with Gasteiger partial charge >= 0.3 is 0 Å². The summed E-state index contributed by atoms with van der Waals surface area (Å²) in [6.45, 7) is 5.36. The minimum atomic E-state index is 1.00. The van der Waals surface area contributed by atoms with Crippen LogP contribution < -0.4 is 11.1 Å². The summed E-state index contributed by atoms with van der Waals surface area (Å²) in [5, 5.41) is 3.22. The molecular formula is C5H15N2+. The van der Waals surface area contributed by atoms with Gasteiger partial charge in [0.25, 0.3) is 0 Å². The van der Waals surface area contributed by atoms with Gasteiger partial charge in [0, 0.05) is 6.54 Å². The molecule has 0 saturated heterocycles. The zero-order chi connectivity index (χ0) is 5.54. The van der Waals surface area contributed by atoms with Gasteiger partial charge in [0.1, 0.15) is 0 Å². The second-order valence-electron chi connectivity index (χ2n) is 1.60. The van der Waals surface area contributed by atoms with Crippen LogP contribution in [-0.2, 0) is 0 Å². The fourth-order valence-electron chi connectivity index (χ4n) is 0.427. The second-order valence-corrected chi connectivity index (χ2v) is 1.60. The maximum atomic E-state index is 3.69. The van der Waals surface area contributed by atoms with Crippen molar-refractivity contribution < 1.29 is 5.73 Å². The summed E-state index contributed by atoms with van der Waals surface area (Å²) in [4.78, 5) is 0. The Morgan fingerprint density at radius 1 is 1.43 bits per heavy atom. The van der Waals surface area contributed by atoms with Gasteiger partial charge in [-0.2, -0.15) is 0 Å². The lowest BCUT2D eigenvalue weighted by atomic mass is 10.5. The molecule has 0 unspecified atom stereocenters. The highest BCUT2D eigenvalue weighted by atomic mass is 14.9. The van der Waals surface area contributed by atoms with Crippen molar-refractivity contribution in [1.82, 2.24) is 5.32 Å². The van der Waals surface area contributed by atoms with Gasteiger partial charge in [-0.25, -0.2) is 0 Å². The average Bonchev–Trinajstić information content (AvgIpc) is 1.69. The van der Waals surface area contributed by atoms with Crippen molar-refractivity contribution >= 4 is 0 Å². The third kappa shape index (κ3) is 5.92. The Labute approximate surface area is 45.1 Å². The molecule has 0 aromatic heterocycles. The van der Waals surface area contributed by atoms with Crippen LogP contribution in [0.4, 0.5) is 0 Å². The van der Waals surface area contributed by atoms with Crippen LogP contribution in [0.3, 0.4) is 0 Å². The standard InChI is InChI=1S/C5H14N2/c1-2-4-7-5-3-6/h7H,2-6H2,1H3/p+1. The van der Waals surface area contributed by atoms with E-state index in [1.165, 1.54) is 6.42 Å². The first-order valence-corrected chi connectivity index (χ1v) is 2.91. The van der Waals surface area contributed by atoms with Crippen LogP contribution in [0.25, 0.3) is 0 Å². The molecule has 2 nitrogen and oxygen atoms in total.